The van der Waals surface area contributed by atoms with Crippen molar-refractivity contribution < 1.29 is 21.7 Å². The van der Waals surface area contributed by atoms with E-state index in [4.69, 9.17) is 0 Å². The van der Waals surface area contributed by atoms with E-state index >= 15 is 0 Å². The first kappa shape index (κ1) is 32.6. The van der Waals surface area contributed by atoms with Gasteiger partial charge >= 0.3 is 21.7 Å². The van der Waals surface area contributed by atoms with Gasteiger partial charge in [-0.15, -0.1) is 36.4 Å². The quantitative estimate of drug-likeness (QED) is 0.179. The van der Waals surface area contributed by atoms with Crippen LogP contribution in [0.1, 0.15) is 53.1 Å². The molecular formula is C35H44SiTi. The molecule has 4 aromatic carbocycles. The molecule has 0 spiro atoms. The van der Waals surface area contributed by atoms with Crippen LogP contribution in [0, 0.1) is 20.8 Å². The molecule has 0 amide bonds. The van der Waals surface area contributed by atoms with Gasteiger partial charge in [-0.2, -0.15) is 96.6 Å². The Hall–Kier alpha value is -2.45. The van der Waals surface area contributed by atoms with Crippen molar-refractivity contribution in [3.63, 3.8) is 0 Å². The molecule has 0 saturated carbocycles. The maximum absolute atomic E-state index is 3.72. The number of fused-ring (bicyclic) bond motifs is 1. The van der Waals surface area contributed by atoms with Crippen LogP contribution in [0.15, 0.2) is 103 Å². The molecule has 4 aromatic rings. The molecule has 1 aliphatic carbocycles. The smallest absolute Gasteiger partial charge is 0.207 e. The van der Waals surface area contributed by atoms with Crippen molar-refractivity contribution in [3.8, 4) is 0 Å². The second-order valence-electron chi connectivity index (χ2n) is 10.3. The maximum Gasteiger partial charge on any atom is 4.00 e. The van der Waals surface area contributed by atoms with E-state index in [0.717, 1.165) is 16.7 Å². The molecule has 0 nitrogen and oxygen atoms in total. The van der Waals surface area contributed by atoms with Gasteiger partial charge in [-0.3, -0.25) is 0 Å². The van der Waals surface area contributed by atoms with Crippen molar-refractivity contribution in [3.05, 3.63) is 157 Å². The fourth-order valence-corrected chi connectivity index (χ4v) is 5.54. The van der Waals surface area contributed by atoms with Gasteiger partial charge in [0, 0.05) is 8.07 Å². The second-order valence-corrected chi connectivity index (χ2v) is 15.7. The van der Waals surface area contributed by atoms with Crippen molar-refractivity contribution in [2.24, 2.45) is 0 Å². The average molecular weight is 541 g/mol. The Labute approximate surface area is 243 Å². The minimum absolute atomic E-state index is 0. The van der Waals surface area contributed by atoms with Crippen LogP contribution in [0.4, 0.5) is 0 Å². The SMILES string of the molecule is CC[Si](C)(C)Cc1cc2c([cH-]1)CCCC2.[CH2-]c1ccccc1.[CH2-]c1ccccc1.[CH2-]c1ccccc1.[Ti+4]. The number of rotatable bonds is 3. The molecule has 0 saturated heterocycles. The predicted octanol–water partition coefficient (Wildman–Crippen LogP) is 9.70. The molecule has 0 N–H and O–H groups in total. The fraction of sp³-hybridized carbons (Fsp3) is 0.257. The molecule has 0 aromatic heterocycles. The van der Waals surface area contributed by atoms with Gasteiger partial charge in [0.1, 0.15) is 0 Å². The zero-order valence-corrected chi connectivity index (χ0v) is 25.7. The third kappa shape index (κ3) is 14.2. The monoisotopic (exact) mass is 540 g/mol. The molecule has 1 aliphatic rings. The topological polar surface area (TPSA) is 0 Å². The summed E-state index contributed by atoms with van der Waals surface area (Å²) in [5, 5.41) is 0. The van der Waals surface area contributed by atoms with Crippen LogP contribution in [0.25, 0.3) is 0 Å². The van der Waals surface area contributed by atoms with E-state index < -0.39 is 8.07 Å². The summed E-state index contributed by atoms with van der Waals surface area (Å²) in [5.41, 5.74) is 8.18. The molecule has 0 heterocycles. The van der Waals surface area contributed by atoms with Crippen molar-refractivity contribution in [1.82, 2.24) is 0 Å². The van der Waals surface area contributed by atoms with Gasteiger partial charge in [0.15, 0.2) is 0 Å². The van der Waals surface area contributed by atoms with Crippen molar-refractivity contribution in [1.29, 1.82) is 0 Å². The van der Waals surface area contributed by atoms with Crippen molar-refractivity contribution in [2.45, 2.75) is 57.8 Å². The first-order chi connectivity index (χ1) is 17.3. The van der Waals surface area contributed by atoms with E-state index in [1.54, 1.807) is 16.7 Å². The minimum Gasteiger partial charge on any atom is -0.207 e. The van der Waals surface area contributed by atoms with Crippen LogP contribution in [0.3, 0.4) is 0 Å². The van der Waals surface area contributed by atoms with E-state index in [1.807, 2.05) is 91.0 Å². The third-order valence-electron chi connectivity index (χ3n) is 6.44. The number of hydrogen-bond donors (Lipinski definition) is 0. The maximum atomic E-state index is 3.72. The average Bonchev–Trinajstić information content (AvgIpc) is 3.28. The summed E-state index contributed by atoms with van der Waals surface area (Å²) in [6.07, 6.45) is 5.49. The molecule has 0 aliphatic heterocycles. The molecule has 37 heavy (non-hydrogen) atoms. The van der Waals surface area contributed by atoms with Crippen LogP contribution in [-0.2, 0) is 40.6 Å². The fourth-order valence-electron chi connectivity index (χ4n) is 3.98. The molecule has 2 heteroatoms. The van der Waals surface area contributed by atoms with Gasteiger partial charge < -0.3 is 0 Å². The number of hydrogen-bond acceptors (Lipinski definition) is 0. The summed E-state index contributed by atoms with van der Waals surface area (Å²) in [7, 11) is -0.933. The van der Waals surface area contributed by atoms with Crippen molar-refractivity contribution >= 4 is 8.07 Å². The van der Waals surface area contributed by atoms with Crippen LogP contribution in [-0.4, -0.2) is 8.07 Å². The Morgan fingerprint density at radius 1 is 0.676 bits per heavy atom. The molecule has 0 unspecified atom stereocenters. The summed E-state index contributed by atoms with van der Waals surface area (Å²) < 4.78 is 0. The first-order valence-corrected chi connectivity index (χ1v) is 16.6. The zero-order valence-electron chi connectivity index (χ0n) is 23.2. The van der Waals surface area contributed by atoms with E-state index in [1.165, 1.54) is 37.8 Å². The van der Waals surface area contributed by atoms with E-state index in [0.29, 0.717) is 0 Å². The van der Waals surface area contributed by atoms with Gasteiger partial charge in [-0.05, 0) is 0 Å². The van der Waals surface area contributed by atoms with E-state index in [9.17, 15) is 0 Å². The molecule has 192 valence electrons. The molecule has 0 fully saturated rings. The zero-order chi connectivity index (χ0) is 26.2. The molecular weight excluding hydrogens is 496 g/mol. The predicted molar refractivity (Wildman–Crippen MR) is 163 cm³/mol. The molecule has 0 radical (unpaired) electrons. The summed E-state index contributed by atoms with van der Waals surface area (Å²) in [4.78, 5) is 0. The Morgan fingerprint density at radius 3 is 1.41 bits per heavy atom. The Bertz CT molecular complexity index is 969. The number of aryl methyl sites for hydroxylation is 2. The summed E-state index contributed by atoms with van der Waals surface area (Å²) in [6.45, 7) is 18.5. The van der Waals surface area contributed by atoms with Gasteiger partial charge in [-0.25, -0.2) is 6.07 Å². The largest absolute Gasteiger partial charge is 4.00 e. The molecule has 5 rings (SSSR count). The van der Waals surface area contributed by atoms with Crippen LogP contribution in [0.5, 0.6) is 0 Å². The third-order valence-corrected chi connectivity index (χ3v) is 9.72. The van der Waals surface area contributed by atoms with Gasteiger partial charge in [0.25, 0.3) is 0 Å². The normalized spacial score (nSPS) is 11.5. The van der Waals surface area contributed by atoms with Crippen LogP contribution in [0.2, 0.25) is 19.1 Å². The molecule has 0 bridgehead atoms. The molecule has 0 atom stereocenters. The summed E-state index contributed by atoms with van der Waals surface area (Å²) >= 11 is 0. The Balaban J connectivity index is 0.000000264. The minimum atomic E-state index is -0.933. The first-order valence-electron chi connectivity index (χ1n) is 13.2. The van der Waals surface area contributed by atoms with Gasteiger partial charge in [0.05, 0.1) is 0 Å². The Morgan fingerprint density at radius 2 is 1.08 bits per heavy atom. The van der Waals surface area contributed by atoms with E-state index in [2.05, 4.69) is 52.9 Å². The second kappa shape index (κ2) is 17.9. The van der Waals surface area contributed by atoms with E-state index in [-0.39, 0.29) is 21.7 Å². The van der Waals surface area contributed by atoms with Gasteiger partial charge in [0.2, 0.25) is 0 Å². The standard InChI is InChI=1S/C14H23Si.3C7H7.Ti/c1-4-15(2,3)11-12-9-13-7-5-6-8-14(13)10-12;3*1-7-5-3-2-4-6-7;/h9-10H,4-8,11H2,1-3H3;3*2-6H,1H2;/q4*-1;+4. The summed E-state index contributed by atoms with van der Waals surface area (Å²) in [6, 6.07) is 37.4. The van der Waals surface area contributed by atoms with Crippen LogP contribution >= 0.6 is 0 Å². The van der Waals surface area contributed by atoms with Gasteiger partial charge in [-0.1, -0.05) is 76.0 Å². The summed E-state index contributed by atoms with van der Waals surface area (Å²) in [5.74, 6) is 0. The number of benzene rings is 3. The Kier molecular flexibility index (Phi) is 15.8. The van der Waals surface area contributed by atoms with Crippen LogP contribution < -0.4 is 0 Å². The van der Waals surface area contributed by atoms with Crippen molar-refractivity contribution in [2.75, 3.05) is 0 Å².